The lowest BCUT2D eigenvalue weighted by atomic mass is 9.95. The topological polar surface area (TPSA) is 80.2 Å². The van der Waals surface area contributed by atoms with Gasteiger partial charge in [0.2, 0.25) is 5.91 Å². The van der Waals surface area contributed by atoms with E-state index in [1.807, 2.05) is 18.2 Å². The van der Waals surface area contributed by atoms with E-state index in [0.717, 1.165) is 24.3 Å². The van der Waals surface area contributed by atoms with Crippen molar-refractivity contribution in [3.8, 4) is 0 Å². The van der Waals surface area contributed by atoms with Crippen LogP contribution < -0.4 is 15.1 Å². The number of para-hydroxylation sites is 2. The molecule has 1 aromatic carbocycles. The Morgan fingerprint density at radius 2 is 2.07 bits per heavy atom. The van der Waals surface area contributed by atoms with Gasteiger partial charge in [0.05, 0.1) is 31.1 Å². The van der Waals surface area contributed by atoms with E-state index in [1.54, 1.807) is 31.7 Å². The van der Waals surface area contributed by atoms with Crippen molar-refractivity contribution >= 4 is 29.2 Å². The molecule has 2 aliphatic heterocycles. The summed E-state index contributed by atoms with van der Waals surface area (Å²) in [5.74, 6) is -0.647. The molecule has 7 heteroatoms. The molecule has 1 unspecified atom stereocenters. The molecule has 2 aliphatic rings. The first-order valence-corrected chi connectivity index (χ1v) is 9.58. The minimum Gasteiger partial charge on any atom is -0.466 e. The van der Waals surface area contributed by atoms with Gasteiger partial charge in [-0.1, -0.05) is 12.1 Å². The molecule has 2 atom stereocenters. The second-order valence-corrected chi connectivity index (χ2v) is 7.73. The van der Waals surface area contributed by atoms with Crippen LogP contribution in [0.5, 0.6) is 0 Å². The molecule has 1 saturated heterocycles. The Bertz CT molecular complexity index is 746. The van der Waals surface area contributed by atoms with E-state index in [1.165, 1.54) is 0 Å². The summed E-state index contributed by atoms with van der Waals surface area (Å²) < 4.78 is 5.14. The molecule has 0 spiro atoms. The van der Waals surface area contributed by atoms with Gasteiger partial charge in [-0.05, 0) is 45.7 Å². The van der Waals surface area contributed by atoms with E-state index in [4.69, 9.17) is 4.74 Å². The van der Waals surface area contributed by atoms with Gasteiger partial charge in [0, 0.05) is 0 Å². The summed E-state index contributed by atoms with van der Waals surface area (Å²) in [4.78, 5) is 40.4. The highest BCUT2D eigenvalue weighted by atomic mass is 16.5. The second-order valence-electron chi connectivity index (χ2n) is 7.73. The molecule has 3 rings (SSSR count). The van der Waals surface area contributed by atoms with E-state index in [9.17, 15) is 14.4 Å². The fourth-order valence-electron chi connectivity index (χ4n) is 3.96. The molecule has 146 valence electrons. The van der Waals surface area contributed by atoms with Crippen LogP contribution in [0.25, 0.3) is 0 Å². The van der Waals surface area contributed by atoms with Crippen LogP contribution in [0.2, 0.25) is 0 Å². The molecule has 0 bridgehead atoms. The van der Waals surface area contributed by atoms with Crippen molar-refractivity contribution in [1.82, 2.24) is 0 Å². The summed E-state index contributed by atoms with van der Waals surface area (Å²) >= 11 is 0. The number of ether oxygens (including phenoxy) is 1. The van der Waals surface area contributed by atoms with Crippen molar-refractivity contribution < 1.29 is 24.0 Å². The number of nitrogens with one attached hydrogen (secondary N) is 2. The zero-order chi connectivity index (χ0) is 19.6. The highest BCUT2D eigenvalue weighted by Crippen LogP contribution is 2.36. The fourth-order valence-corrected chi connectivity index (χ4v) is 3.96. The van der Waals surface area contributed by atoms with Crippen LogP contribution in [0, 0.1) is 5.92 Å². The Labute approximate surface area is 159 Å². The average Bonchev–Trinajstić information content (AvgIpc) is 2.63. The number of anilines is 2. The molecule has 2 amide bonds. The maximum absolute atomic E-state index is 13.2. The molecular weight excluding hydrogens is 346 g/mol. The number of likely N-dealkylation sites (tertiary alicyclic amines) is 1. The molecule has 27 heavy (non-hydrogen) atoms. The van der Waals surface area contributed by atoms with Gasteiger partial charge < -0.3 is 15.0 Å². The maximum atomic E-state index is 13.2. The van der Waals surface area contributed by atoms with Gasteiger partial charge in [-0.25, -0.2) is 0 Å². The van der Waals surface area contributed by atoms with Gasteiger partial charge in [-0.15, -0.1) is 0 Å². The number of quaternary nitrogens is 1. The van der Waals surface area contributed by atoms with Crippen LogP contribution in [0.4, 0.5) is 11.4 Å². The zero-order valence-corrected chi connectivity index (χ0v) is 16.2. The van der Waals surface area contributed by atoms with Gasteiger partial charge in [0.15, 0.2) is 6.54 Å². The highest BCUT2D eigenvalue weighted by Gasteiger charge is 2.44. The zero-order valence-electron chi connectivity index (χ0n) is 16.2. The van der Waals surface area contributed by atoms with Crippen LogP contribution >= 0.6 is 0 Å². The van der Waals surface area contributed by atoms with Crippen LogP contribution in [0.1, 0.15) is 33.6 Å². The first-order valence-electron chi connectivity index (χ1n) is 9.58. The van der Waals surface area contributed by atoms with Gasteiger partial charge in [-0.2, -0.15) is 0 Å². The van der Waals surface area contributed by atoms with E-state index in [0.29, 0.717) is 24.5 Å². The number of hydrogen-bond acceptors (Lipinski definition) is 4. The normalized spacial score (nSPS) is 24.0. The lowest BCUT2D eigenvalue weighted by Crippen LogP contribution is -3.15. The summed E-state index contributed by atoms with van der Waals surface area (Å²) in [5, 5.41) is 2.87. The fraction of sp³-hybridized carbons (Fsp3) is 0.550. The summed E-state index contributed by atoms with van der Waals surface area (Å²) in [6.07, 6.45) is 1.68. The van der Waals surface area contributed by atoms with Crippen molar-refractivity contribution in [3.63, 3.8) is 0 Å². The molecule has 0 saturated carbocycles. The molecule has 0 aromatic heterocycles. The van der Waals surface area contributed by atoms with E-state index < -0.39 is 5.54 Å². The highest BCUT2D eigenvalue weighted by molar-refractivity contribution is 6.14. The number of esters is 1. The van der Waals surface area contributed by atoms with Crippen LogP contribution in [-0.2, 0) is 19.1 Å². The predicted molar refractivity (Wildman–Crippen MR) is 102 cm³/mol. The van der Waals surface area contributed by atoms with E-state index in [-0.39, 0.29) is 30.2 Å². The number of carbonyl (C=O) groups is 3. The molecule has 2 N–H and O–H groups in total. The summed E-state index contributed by atoms with van der Waals surface area (Å²) in [5.41, 5.74) is 0.389. The Morgan fingerprint density at radius 1 is 1.33 bits per heavy atom. The van der Waals surface area contributed by atoms with Crippen molar-refractivity contribution in [3.05, 3.63) is 24.3 Å². The molecule has 0 radical (unpaired) electrons. The first-order chi connectivity index (χ1) is 12.8. The smallest absolute Gasteiger partial charge is 0.314 e. The van der Waals surface area contributed by atoms with Crippen molar-refractivity contribution in [2.24, 2.45) is 5.92 Å². The van der Waals surface area contributed by atoms with Crippen LogP contribution in [0.15, 0.2) is 24.3 Å². The predicted octanol–water partition coefficient (Wildman–Crippen LogP) is 0.608. The monoisotopic (exact) mass is 374 g/mol. The minimum atomic E-state index is -0.971. The first kappa shape index (κ1) is 19.4. The van der Waals surface area contributed by atoms with Gasteiger partial charge in [0.1, 0.15) is 11.5 Å². The lowest BCUT2D eigenvalue weighted by Gasteiger charge is -2.42. The molecule has 1 aromatic rings. The number of carbonyl (C=O) groups excluding carboxylic acids is 3. The standard InChI is InChI=1S/C20H27N3O4/c1-4-27-18(25)14-8-7-11-22(12-14)13-17(24)23-16-10-6-5-9-15(16)21-19(26)20(23,2)3/h5-6,9-10,14H,4,7-8,11-13H2,1-3H3,(H,21,26)/p+1/t14-/m1/s1. The molecule has 7 nitrogen and oxygen atoms in total. The number of fused-ring (bicyclic) bond motifs is 1. The number of rotatable bonds is 4. The molecule has 2 heterocycles. The third-order valence-electron chi connectivity index (χ3n) is 5.40. The Hall–Kier alpha value is -2.41. The van der Waals surface area contributed by atoms with Crippen LogP contribution in [0.3, 0.4) is 0 Å². The number of benzene rings is 1. The minimum absolute atomic E-state index is 0.109. The Morgan fingerprint density at radius 3 is 2.81 bits per heavy atom. The van der Waals surface area contributed by atoms with Gasteiger partial charge in [-0.3, -0.25) is 19.3 Å². The Kier molecular flexibility index (Phi) is 5.51. The third-order valence-corrected chi connectivity index (χ3v) is 5.40. The Balaban J connectivity index is 1.77. The quantitative estimate of drug-likeness (QED) is 0.757. The molecular formula is C20H28N3O4+. The van der Waals surface area contributed by atoms with Crippen molar-refractivity contribution in [2.75, 3.05) is 36.5 Å². The number of piperidine rings is 1. The van der Waals surface area contributed by atoms with E-state index >= 15 is 0 Å². The number of hydrogen-bond donors (Lipinski definition) is 2. The van der Waals surface area contributed by atoms with Crippen LogP contribution in [-0.4, -0.2) is 49.6 Å². The van der Waals surface area contributed by atoms with Gasteiger partial charge in [0.25, 0.3) is 5.91 Å². The van der Waals surface area contributed by atoms with Gasteiger partial charge >= 0.3 is 5.97 Å². The molecule has 1 fully saturated rings. The summed E-state index contributed by atoms with van der Waals surface area (Å²) in [6, 6.07) is 7.34. The maximum Gasteiger partial charge on any atom is 0.314 e. The SMILES string of the molecule is CCOC(=O)[C@@H]1CCC[NH+](CC(=O)N2c3ccccc3NC(=O)C2(C)C)C1. The third kappa shape index (κ3) is 3.83. The lowest BCUT2D eigenvalue weighted by molar-refractivity contribution is -0.899. The van der Waals surface area contributed by atoms with Crippen molar-refractivity contribution in [1.29, 1.82) is 0 Å². The van der Waals surface area contributed by atoms with E-state index in [2.05, 4.69) is 5.32 Å². The van der Waals surface area contributed by atoms with Crippen molar-refractivity contribution in [2.45, 2.75) is 39.2 Å². The molecule has 0 aliphatic carbocycles. The average molecular weight is 374 g/mol. The second kappa shape index (κ2) is 7.68. The number of nitrogens with zero attached hydrogens (tertiary/aromatic N) is 1. The summed E-state index contributed by atoms with van der Waals surface area (Å²) in [6.45, 7) is 7.36. The summed E-state index contributed by atoms with van der Waals surface area (Å²) in [7, 11) is 0. The largest absolute Gasteiger partial charge is 0.466 e. The number of amides is 2.